The van der Waals surface area contributed by atoms with Gasteiger partial charge in [0, 0.05) is 18.4 Å². The van der Waals surface area contributed by atoms with Gasteiger partial charge in [0.2, 0.25) is 0 Å². The third-order valence-corrected chi connectivity index (χ3v) is 5.04. The van der Waals surface area contributed by atoms with E-state index in [-0.39, 0.29) is 0 Å². The van der Waals surface area contributed by atoms with Gasteiger partial charge in [-0.1, -0.05) is 49.6 Å². The Hall–Kier alpha value is -1.67. The molecule has 1 aliphatic heterocycles. The van der Waals surface area contributed by atoms with Crippen LogP contribution in [0.5, 0.6) is 0 Å². The van der Waals surface area contributed by atoms with Crippen LogP contribution < -0.4 is 0 Å². The van der Waals surface area contributed by atoms with E-state index in [4.69, 9.17) is 0 Å². The summed E-state index contributed by atoms with van der Waals surface area (Å²) in [7, 11) is 0. The van der Waals surface area contributed by atoms with E-state index in [0.717, 1.165) is 6.04 Å². The number of hydrogen-bond donors (Lipinski definition) is 0. The van der Waals surface area contributed by atoms with Gasteiger partial charge in [-0.15, -0.1) is 0 Å². The zero-order valence-electron chi connectivity index (χ0n) is 12.4. The molecular weight excluding hydrogens is 256 g/mol. The van der Waals surface area contributed by atoms with Crippen molar-refractivity contribution >= 4 is 0 Å². The lowest BCUT2D eigenvalue weighted by Crippen LogP contribution is -2.22. The lowest BCUT2D eigenvalue weighted by atomic mass is 9.95. The molecule has 0 N–H and O–H groups in total. The molecule has 21 heavy (non-hydrogen) atoms. The van der Waals surface area contributed by atoms with Crippen LogP contribution in [0.25, 0.3) is 0 Å². The average Bonchev–Trinajstić information content (AvgIpc) is 3.33. The van der Waals surface area contributed by atoms with Gasteiger partial charge < -0.3 is 0 Å². The first kappa shape index (κ1) is 13.0. The Bertz CT molecular complexity index is 530. The Labute approximate surface area is 126 Å². The van der Waals surface area contributed by atoms with E-state index >= 15 is 0 Å². The van der Waals surface area contributed by atoms with Crippen molar-refractivity contribution in [1.29, 1.82) is 0 Å². The van der Waals surface area contributed by atoms with Crippen molar-refractivity contribution in [2.45, 2.75) is 50.2 Å². The van der Waals surface area contributed by atoms with E-state index in [1.807, 2.05) is 12.4 Å². The standard InChI is InChI=1S/C19H22N2/c1-3-7-15(8-4-1)18-19(16-11-13-20-14-12-16)21(18)17-9-5-2-6-10-17/h1,3-4,7-8,11-14,17-19H,2,5-6,9-10H2/t18-,19+,21?/m0/s1. The second-order valence-electron chi connectivity index (χ2n) is 6.32. The third kappa shape index (κ3) is 2.49. The molecule has 4 rings (SSSR count). The molecule has 2 aromatic rings. The first-order valence-electron chi connectivity index (χ1n) is 8.17. The van der Waals surface area contributed by atoms with E-state index < -0.39 is 0 Å². The number of pyridine rings is 1. The van der Waals surface area contributed by atoms with Gasteiger partial charge in [0.15, 0.2) is 0 Å². The lowest BCUT2D eigenvalue weighted by molar-refractivity contribution is 0.269. The molecule has 1 saturated heterocycles. The third-order valence-electron chi connectivity index (χ3n) is 5.04. The summed E-state index contributed by atoms with van der Waals surface area (Å²) in [5, 5.41) is 0. The highest BCUT2D eigenvalue weighted by molar-refractivity contribution is 5.34. The minimum Gasteiger partial charge on any atom is -0.283 e. The average molecular weight is 278 g/mol. The fraction of sp³-hybridized carbons (Fsp3) is 0.421. The molecule has 0 amide bonds. The van der Waals surface area contributed by atoms with Crippen LogP contribution in [0.15, 0.2) is 54.9 Å². The van der Waals surface area contributed by atoms with Gasteiger partial charge in [-0.05, 0) is 36.1 Å². The summed E-state index contributed by atoms with van der Waals surface area (Å²) >= 11 is 0. The minimum absolute atomic E-state index is 0.554. The summed E-state index contributed by atoms with van der Waals surface area (Å²) in [6.07, 6.45) is 10.8. The summed E-state index contributed by atoms with van der Waals surface area (Å²) < 4.78 is 0. The van der Waals surface area contributed by atoms with Gasteiger partial charge in [0.25, 0.3) is 0 Å². The molecule has 1 aromatic carbocycles. The van der Waals surface area contributed by atoms with Crippen molar-refractivity contribution in [2.75, 3.05) is 0 Å². The van der Waals surface area contributed by atoms with E-state index in [2.05, 4.69) is 52.3 Å². The Morgan fingerprint density at radius 3 is 2.05 bits per heavy atom. The molecule has 0 spiro atoms. The number of rotatable bonds is 3. The fourth-order valence-electron chi connectivity index (χ4n) is 4.00. The molecule has 2 fully saturated rings. The molecular formula is C19H22N2. The SMILES string of the molecule is c1ccc([C@H]2[C@@H](c3ccncc3)N2C2CCCCC2)cc1. The maximum Gasteiger partial charge on any atom is 0.0556 e. The van der Waals surface area contributed by atoms with Crippen molar-refractivity contribution < 1.29 is 0 Å². The first-order valence-corrected chi connectivity index (χ1v) is 8.17. The second-order valence-corrected chi connectivity index (χ2v) is 6.32. The maximum absolute atomic E-state index is 4.17. The lowest BCUT2D eigenvalue weighted by Gasteiger charge is -2.24. The van der Waals surface area contributed by atoms with E-state index in [1.165, 1.54) is 43.2 Å². The van der Waals surface area contributed by atoms with E-state index in [1.54, 1.807) is 0 Å². The summed E-state index contributed by atoms with van der Waals surface area (Å²) in [5.41, 5.74) is 2.88. The normalized spacial score (nSPS) is 29.2. The molecule has 1 unspecified atom stereocenters. The largest absolute Gasteiger partial charge is 0.283 e. The highest BCUT2D eigenvalue weighted by Gasteiger charge is 2.52. The van der Waals surface area contributed by atoms with Crippen LogP contribution in [-0.4, -0.2) is 15.9 Å². The summed E-state index contributed by atoms with van der Waals surface area (Å²) in [4.78, 5) is 6.91. The zero-order chi connectivity index (χ0) is 14.1. The molecule has 2 aliphatic rings. The van der Waals surface area contributed by atoms with Crippen LogP contribution in [0.2, 0.25) is 0 Å². The number of hydrogen-bond acceptors (Lipinski definition) is 2. The van der Waals surface area contributed by atoms with Gasteiger partial charge in [0.1, 0.15) is 0 Å². The van der Waals surface area contributed by atoms with Crippen molar-refractivity contribution in [1.82, 2.24) is 9.88 Å². The fourth-order valence-corrected chi connectivity index (χ4v) is 4.00. The highest BCUT2D eigenvalue weighted by Crippen LogP contribution is 2.57. The van der Waals surface area contributed by atoms with Gasteiger partial charge in [-0.2, -0.15) is 0 Å². The van der Waals surface area contributed by atoms with Gasteiger partial charge in [-0.25, -0.2) is 0 Å². The first-order chi connectivity index (χ1) is 10.4. The summed E-state index contributed by atoms with van der Waals surface area (Å²) in [5.74, 6) is 0. The molecule has 2 nitrogen and oxygen atoms in total. The van der Waals surface area contributed by atoms with Crippen LogP contribution in [0.3, 0.4) is 0 Å². The van der Waals surface area contributed by atoms with E-state index in [0.29, 0.717) is 12.1 Å². The van der Waals surface area contributed by atoms with Gasteiger partial charge in [0.05, 0.1) is 12.1 Å². The monoisotopic (exact) mass is 278 g/mol. The smallest absolute Gasteiger partial charge is 0.0556 e. The number of nitrogens with zero attached hydrogens (tertiary/aromatic N) is 2. The molecule has 108 valence electrons. The van der Waals surface area contributed by atoms with Crippen LogP contribution in [-0.2, 0) is 0 Å². The number of aromatic nitrogens is 1. The molecule has 2 heteroatoms. The van der Waals surface area contributed by atoms with Crippen LogP contribution >= 0.6 is 0 Å². The molecule has 1 saturated carbocycles. The predicted molar refractivity (Wildman–Crippen MR) is 84.9 cm³/mol. The van der Waals surface area contributed by atoms with Crippen molar-refractivity contribution in [2.24, 2.45) is 0 Å². The Morgan fingerprint density at radius 1 is 0.762 bits per heavy atom. The zero-order valence-corrected chi connectivity index (χ0v) is 12.4. The Kier molecular flexibility index (Phi) is 3.48. The molecule has 1 aliphatic carbocycles. The Morgan fingerprint density at radius 2 is 1.38 bits per heavy atom. The predicted octanol–water partition coefficient (Wildman–Crippen LogP) is 4.51. The second kappa shape index (κ2) is 5.61. The van der Waals surface area contributed by atoms with Crippen LogP contribution in [0, 0.1) is 0 Å². The van der Waals surface area contributed by atoms with Gasteiger partial charge >= 0.3 is 0 Å². The minimum atomic E-state index is 0.554. The summed E-state index contributed by atoms with van der Waals surface area (Å²) in [6, 6.07) is 17.2. The molecule has 2 heterocycles. The molecule has 1 aromatic heterocycles. The highest BCUT2D eigenvalue weighted by atomic mass is 15.4. The van der Waals surface area contributed by atoms with Crippen molar-refractivity contribution in [3.63, 3.8) is 0 Å². The quantitative estimate of drug-likeness (QED) is 0.768. The van der Waals surface area contributed by atoms with Crippen LogP contribution in [0.4, 0.5) is 0 Å². The maximum atomic E-state index is 4.17. The van der Waals surface area contributed by atoms with Crippen LogP contribution in [0.1, 0.15) is 55.3 Å². The van der Waals surface area contributed by atoms with E-state index in [9.17, 15) is 0 Å². The number of benzene rings is 1. The molecule has 0 bridgehead atoms. The molecule has 0 radical (unpaired) electrons. The topological polar surface area (TPSA) is 15.9 Å². The Balaban J connectivity index is 1.63. The van der Waals surface area contributed by atoms with Gasteiger partial charge in [-0.3, -0.25) is 9.88 Å². The van der Waals surface area contributed by atoms with Crippen molar-refractivity contribution in [3.8, 4) is 0 Å². The summed E-state index contributed by atoms with van der Waals surface area (Å²) in [6.45, 7) is 0. The molecule has 3 atom stereocenters. The van der Waals surface area contributed by atoms with Crippen molar-refractivity contribution in [3.05, 3.63) is 66.0 Å².